The zero-order chi connectivity index (χ0) is 26.6. The number of hydrogen-bond acceptors (Lipinski definition) is 4. The maximum Gasteiger partial charge on any atom is 0.123 e. The van der Waals surface area contributed by atoms with Gasteiger partial charge < -0.3 is 20.4 Å². The Hall–Kier alpha value is -2.04. The average molecular weight is 485 g/mol. The molecule has 35 heavy (non-hydrogen) atoms. The maximum atomic E-state index is 11.6. The van der Waals surface area contributed by atoms with Crippen LogP contribution in [-0.4, -0.2) is 33.6 Å². The van der Waals surface area contributed by atoms with E-state index < -0.39 is 0 Å². The standard InChI is InChI=1S/C31H48O4/c1-20(2)27(24-17-22(13-11-15-33)19-26(29(24)35)31(6,7)8)23-16-21(12-9-10-14-32)18-25(28(23)34)30(3,4)5/h16-20,27,32-35H,9-15H2,1-8H3. The summed E-state index contributed by atoms with van der Waals surface area (Å²) in [5.74, 6) is 0.545. The lowest BCUT2D eigenvalue weighted by atomic mass is 9.74. The highest BCUT2D eigenvalue weighted by atomic mass is 16.3. The van der Waals surface area contributed by atoms with Crippen LogP contribution in [0.5, 0.6) is 11.5 Å². The smallest absolute Gasteiger partial charge is 0.123 e. The van der Waals surface area contributed by atoms with Gasteiger partial charge in [0.15, 0.2) is 0 Å². The molecule has 0 spiro atoms. The van der Waals surface area contributed by atoms with Crippen LogP contribution in [0.2, 0.25) is 0 Å². The molecule has 2 aromatic rings. The number of aliphatic hydroxyl groups excluding tert-OH is 2. The number of hydrogen-bond donors (Lipinski definition) is 4. The van der Waals surface area contributed by atoms with Crippen molar-refractivity contribution >= 4 is 0 Å². The molecule has 0 heterocycles. The van der Waals surface area contributed by atoms with Crippen LogP contribution in [0.25, 0.3) is 0 Å². The molecular formula is C31H48O4. The van der Waals surface area contributed by atoms with Gasteiger partial charge in [0.2, 0.25) is 0 Å². The van der Waals surface area contributed by atoms with Crippen molar-refractivity contribution in [2.45, 2.75) is 104 Å². The molecule has 196 valence electrons. The molecular weight excluding hydrogens is 436 g/mol. The first-order chi connectivity index (χ1) is 16.2. The number of phenolic OH excluding ortho intramolecular Hbond substituents is 2. The molecule has 0 saturated carbocycles. The minimum absolute atomic E-state index is 0.125. The molecule has 1 atom stereocenters. The number of benzene rings is 2. The molecule has 2 rings (SSSR count). The summed E-state index contributed by atoms with van der Waals surface area (Å²) < 4.78 is 0. The van der Waals surface area contributed by atoms with Crippen LogP contribution in [0, 0.1) is 5.92 Å². The third-order valence-electron chi connectivity index (χ3n) is 6.85. The third-order valence-corrected chi connectivity index (χ3v) is 6.85. The van der Waals surface area contributed by atoms with Crippen molar-refractivity contribution < 1.29 is 20.4 Å². The van der Waals surface area contributed by atoms with Crippen LogP contribution in [0.15, 0.2) is 24.3 Å². The number of aromatic hydroxyl groups is 2. The van der Waals surface area contributed by atoms with Crippen LogP contribution < -0.4 is 0 Å². The summed E-state index contributed by atoms with van der Waals surface area (Å²) in [6, 6.07) is 8.34. The van der Waals surface area contributed by atoms with Gasteiger partial charge in [-0.25, -0.2) is 0 Å². The van der Waals surface area contributed by atoms with Gasteiger partial charge in [-0.1, -0.05) is 79.7 Å². The van der Waals surface area contributed by atoms with E-state index in [1.165, 1.54) is 0 Å². The van der Waals surface area contributed by atoms with E-state index in [2.05, 4.69) is 79.7 Å². The van der Waals surface area contributed by atoms with Gasteiger partial charge in [0, 0.05) is 30.3 Å². The summed E-state index contributed by atoms with van der Waals surface area (Å²) in [4.78, 5) is 0. The number of aliphatic hydroxyl groups is 2. The van der Waals surface area contributed by atoms with Crippen molar-refractivity contribution in [1.29, 1.82) is 0 Å². The van der Waals surface area contributed by atoms with Crippen molar-refractivity contribution in [3.8, 4) is 11.5 Å². The highest BCUT2D eigenvalue weighted by Crippen LogP contribution is 2.47. The first kappa shape index (κ1) is 29.2. The van der Waals surface area contributed by atoms with Crippen molar-refractivity contribution in [2.75, 3.05) is 13.2 Å². The lowest BCUT2D eigenvalue weighted by molar-refractivity contribution is 0.284. The molecule has 0 radical (unpaired) electrons. The molecule has 4 nitrogen and oxygen atoms in total. The predicted molar refractivity (Wildman–Crippen MR) is 146 cm³/mol. The minimum Gasteiger partial charge on any atom is -0.507 e. The molecule has 0 aliphatic carbocycles. The Morgan fingerprint density at radius 2 is 1.03 bits per heavy atom. The predicted octanol–water partition coefficient (Wildman–Crippen LogP) is 6.72. The van der Waals surface area contributed by atoms with E-state index in [-0.39, 0.29) is 35.9 Å². The van der Waals surface area contributed by atoms with Gasteiger partial charge in [0.05, 0.1) is 0 Å². The molecule has 2 aromatic carbocycles. The van der Waals surface area contributed by atoms with E-state index in [0.717, 1.165) is 59.1 Å². The molecule has 4 heteroatoms. The lowest BCUT2D eigenvalue weighted by Gasteiger charge is -2.31. The summed E-state index contributed by atoms with van der Waals surface area (Å²) in [6.07, 6.45) is 3.86. The maximum absolute atomic E-state index is 11.6. The van der Waals surface area contributed by atoms with Gasteiger partial charge in [0.25, 0.3) is 0 Å². The highest BCUT2D eigenvalue weighted by Gasteiger charge is 2.31. The lowest BCUT2D eigenvalue weighted by Crippen LogP contribution is -2.18. The summed E-state index contributed by atoms with van der Waals surface area (Å²) in [5.41, 5.74) is 5.24. The second kappa shape index (κ2) is 11.8. The van der Waals surface area contributed by atoms with Crippen LogP contribution in [-0.2, 0) is 23.7 Å². The number of aryl methyl sites for hydroxylation is 2. The molecule has 0 bridgehead atoms. The summed E-state index contributed by atoms with van der Waals surface area (Å²) in [5, 5.41) is 41.8. The molecule has 0 amide bonds. The summed E-state index contributed by atoms with van der Waals surface area (Å²) in [7, 11) is 0. The molecule has 0 aliphatic heterocycles. The van der Waals surface area contributed by atoms with Gasteiger partial charge >= 0.3 is 0 Å². The summed E-state index contributed by atoms with van der Waals surface area (Å²) in [6.45, 7) is 17.2. The van der Waals surface area contributed by atoms with Gasteiger partial charge in [0.1, 0.15) is 11.5 Å². The van der Waals surface area contributed by atoms with Gasteiger partial charge in [-0.05, 0) is 71.1 Å². The third kappa shape index (κ3) is 7.24. The van der Waals surface area contributed by atoms with Crippen molar-refractivity contribution in [3.05, 3.63) is 57.6 Å². The normalized spacial score (nSPS) is 13.5. The van der Waals surface area contributed by atoms with Crippen molar-refractivity contribution in [3.63, 3.8) is 0 Å². The Kier molecular flexibility index (Phi) is 9.84. The number of unbranched alkanes of at least 4 members (excludes halogenated alkanes) is 1. The van der Waals surface area contributed by atoms with Gasteiger partial charge in [-0.15, -0.1) is 0 Å². The van der Waals surface area contributed by atoms with E-state index in [1.807, 2.05) is 0 Å². The van der Waals surface area contributed by atoms with E-state index in [4.69, 9.17) is 0 Å². The highest BCUT2D eigenvalue weighted by molar-refractivity contribution is 5.56. The van der Waals surface area contributed by atoms with E-state index in [1.54, 1.807) is 0 Å². The molecule has 1 unspecified atom stereocenters. The Balaban J connectivity index is 2.82. The zero-order valence-electron chi connectivity index (χ0n) is 23.2. The minimum atomic E-state index is -0.250. The first-order valence-corrected chi connectivity index (χ1v) is 13.2. The Bertz CT molecular complexity index is 977. The van der Waals surface area contributed by atoms with Crippen LogP contribution in [0.1, 0.15) is 114 Å². The SMILES string of the molecule is CC(C)C(c1cc(CCCO)cc(C(C)(C)C)c1O)c1cc(CCCCO)cc(C(C)(C)C)c1O. The summed E-state index contributed by atoms with van der Waals surface area (Å²) >= 11 is 0. The van der Waals surface area contributed by atoms with Crippen molar-refractivity contribution in [2.24, 2.45) is 5.92 Å². The first-order valence-electron chi connectivity index (χ1n) is 13.2. The fourth-order valence-corrected chi connectivity index (χ4v) is 4.95. The van der Waals surface area contributed by atoms with Crippen molar-refractivity contribution in [1.82, 2.24) is 0 Å². The fourth-order valence-electron chi connectivity index (χ4n) is 4.95. The van der Waals surface area contributed by atoms with E-state index in [0.29, 0.717) is 17.9 Å². The topological polar surface area (TPSA) is 80.9 Å². The van der Waals surface area contributed by atoms with E-state index in [9.17, 15) is 20.4 Å². The van der Waals surface area contributed by atoms with Crippen LogP contribution >= 0.6 is 0 Å². The van der Waals surface area contributed by atoms with Crippen LogP contribution in [0.4, 0.5) is 0 Å². The quantitative estimate of drug-likeness (QED) is 0.282. The average Bonchev–Trinajstić information content (AvgIpc) is 2.74. The molecule has 4 N–H and O–H groups in total. The Morgan fingerprint density at radius 3 is 1.37 bits per heavy atom. The molecule has 0 fully saturated rings. The second-order valence-electron chi connectivity index (χ2n) is 12.4. The molecule has 0 aliphatic rings. The Morgan fingerprint density at radius 1 is 0.629 bits per heavy atom. The van der Waals surface area contributed by atoms with Gasteiger partial charge in [-0.2, -0.15) is 0 Å². The number of phenols is 2. The monoisotopic (exact) mass is 484 g/mol. The van der Waals surface area contributed by atoms with Gasteiger partial charge in [-0.3, -0.25) is 0 Å². The largest absolute Gasteiger partial charge is 0.507 e. The van der Waals surface area contributed by atoms with E-state index >= 15 is 0 Å². The zero-order valence-corrected chi connectivity index (χ0v) is 23.2. The number of rotatable bonds is 10. The second-order valence-corrected chi connectivity index (χ2v) is 12.4. The molecule has 0 aromatic heterocycles. The molecule has 0 saturated heterocycles. The van der Waals surface area contributed by atoms with Crippen LogP contribution in [0.3, 0.4) is 0 Å². The fraction of sp³-hybridized carbons (Fsp3) is 0.613. The Labute approximate surface area is 213 Å².